The third-order valence-corrected chi connectivity index (χ3v) is 4.78. The number of carbonyl (C=O) groups is 1. The van der Waals surface area contributed by atoms with Gasteiger partial charge in [-0.05, 0) is 50.8 Å². The van der Waals surface area contributed by atoms with Crippen LogP contribution in [0.25, 0.3) is 0 Å². The monoisotopic (exact) mass is 377 g/mol. The largest absolute Gasteiger partial charge is 0.353 e. The van der Waals surface area contributed by atoms with Crippen LogP contribution in [-0.2, 0) is 16.0 Å². The molecule has 6 nitrogen and oxygen atoms in total. The molecule has 1 aliphatic rings. The second kappa shape index (κ2) is 8.66. The Bertz CT molecular complexity index is 769. The van der Waals surface area contributed by atoms with E-state index in [1.807, 2.05) is 19.9 Å². The molecule has 0 spiro atoms. The van der Waals surface area contributed by atoms with Crippen LogP contribution < -0.4 is 5.32 Å². The first kappa shape index (κ1) is 18.9. The molecular weight excluding hydrogens is 354 g/mol. The maximum atomic E-state index is 12.6. The van der Waals surface area contributed by atoms with Crippen LogP contribution in [0.5, 0.6) is 0 Å². The Morgan fingerprint density at radius 3 is 3.04 bits per heavy atom. The summed E-state index contributed by atoms with van der Waals surface area (Å²) in [4.78, 5) is 12.6. The maximum absolute atomic E-state index is 12.6. The van der Waals surface area contributed by atoms with Crippen LogP contribution >= 0.6 is 11.6 Å². The van der Waals surface area contributed by atoms with Crippen molar-refractivity contribution in [3.63, 3.8) is 0 Å². The molecule has 7 heteroatoms. The summed E-state index contributed by atoms with van der Waals surface area (Å²) in [6.07, 6.45) is 4.64. The minimum atomic E-state index is -0.198. The average molecular weight is 378 g/mol. The highest BCUT2D eigenvalue weighted by atomic mass is 35.5. The van der Waals surface area contributed by atoms with Crippen molar-refractivity contribution >= 4 is 23.2 Å². The molecule has 1 unspecified atom stereocenters. The van der Waals surface area contributed by atoms with Crippen LogP contribution in [-0.4, -0.2) is 35.2 Å². The summed E-state index contributed by atoms with van der Waals surface area (Å²) < 4.78 is 13.1. The third kappa shape index (κ3) is 4.63. The fraction of sp³-hybridized carbons (Fsp3) is 0.474. The van der Waals surface area contributed by atoms with Crippen molar-refractivity contribution in [2.45, 2.75) is 45.9 Å². The number of hydrogen-bond donors (Lipinski definition) is 1. The molecular formula is C19H24ClN3O3. The Morgan fingerprint density at radius 2 is 2.27 bits per heavy atom. The van der Waals surface area contributed by atoms with Crippen LogP contribution in [0.15, 0.2) is 24.4 Å². The van der Waals surface area contributed by atoms with E-state index in [0.717, 1.165) is 37.1 Å². The first-order valence-electron chi connectivity index (χ1n) is 8.87. The van der Waals surface area contributed by atoms with E-state index in [0.29, 0.717) is 29.4 Å². The molecule has 0 aliphatic carbocycles. The van der Waals surface area contributed by atoms with E-state index in [4.69, 9.17) is 21.1 Å². The molecule has 0 radical (unpaired) electrons. The number of nitrogens with one attached hydrogen (secondary N) is 1. The van der Waals surface area contributed by atoms with E-state index in [9.17, 15) is 4.79 Å². The molecule has 3 rings (SSSR count). The van der Waals surface area contributed by atoms with Gasteiger partial charge in [0.25, 0.3) is 5.91 Å². The molecule has 1 saturated heterocycles. The fourth-order valence-corrected chi connectivity index (χ4v) is 3.10. The Balaban J connectivity index is 1.58. The van der Waals surface area contributed by atoms with E-state index >= 15 is 0 Å². The number of halogens is 1. The molecule has 1 aromatic heterocycles. The number of aryl methyl sites for hydroxylation is 1. The Hall–Kier alpha value is -1.89. The van der Waals surface area contributed by atoms with Crippen molar-refractivity contribution in [3.05, 3.63) is 46.2 Å². The maximum Gasteiger partial charge on any atom is 0.259 e. The Kier molecular flexibility index (Phi) is 6.29. The summed E-state index contributed by atoms with van der Waals surface area (Å²) in [7, 11) is 0. The minimum absolute atomic E-state index is 0.117. The van der Waals surface area contributed by atoms with Gasteiger partial charge in [-0.3, -0.25) is 9.48 Å². The summed E-state index contributed by atoms with van der Waals surface area (Å²) in [6.45, 7) is 5.65. The number of ether oxygens (including phenoxy) is 2. The molecule has 140 valence electrons. The molecule has 2 heterocycles. The highest BCUT2D eigenvalue weighted by Gasteiger charge is 2.17. The van der Waals surface area contributed by atoms with Gasteiger partial charge in [-0.2, -0.15) is 5.10 Å². The van der Waals surface area contributed by atoms with Crippen LogP contribution in [0.2, 0.25) is 5.02 Å². The van der Waals surface area contributed by atoms with Gasteiger partial charge in [-0.1, -0.05) is 17.7 Å². The molecule has 0 saturated carbocycles. The van der Waals surface area contributed by atoms with Crippen molar-refractivity contribution in [1.82, 2.24) is 9.78 Å². The quantitative estimate of drug-likeness (QED) is 0.827. The van der Waals surface area contributed by atoms with E-state index in [2.05, 4.69) is 10.4 Å². The van der Waals surface area contributed by atoms with Gasteiger partial charge in [0.2, 0.25) is 0 Å². The minimum Gasteiger partial charge on any atom is -0.353 e. The highest BCUT2D eigenvalue weighted by molar-refractivity contribution is 6.31. The smallest absolute Gasteiger partial charge is 0.259 e. The summed E-state index contributed by atoms with van der Waals surface area (Å²) >= 11 is 6.01. The zero-order chi connectivity index (χ0) is 18.5. The number of aromatic nitrogens is 2. The van der Waals surface area contributed by atoms with E-state index < -0.39 is 0 Å². The lowest BCUT2D eigenvalue weighted by Gasteiger charge is -2.22. The predicted octanol–water partition coefficient (Wildman–Crippen LogP) is 3.95. The number of nitrogens with zero attached hydrogens (tertiary/aromatic N) is 2. The van der Waals surface area contributed by atoms with Gasteiger partial charge >= 0.3 is 0 Å². The third-order valence-electron chi connectivity index (χ3n) is 4.54. The van der Waals surface area contributed by atoms with Gasteiger partial charge in [-0.15, -0.1) is 0 Å². The molecule has 2 aromatic rings. The summed E-state index contributed by atoms with van der Waals surface area (Å²) in [5.41, 5.74) is 3.00. The molecule has 1 amide bonds. The van der Waals surface area contributed by atoms with Crippen LogP contribution in [0.1, 0.15) is 40.9 Å². The second-order valence-electron chi connectivity index (χ2n) is 6.45. The standard InChI is InChI=1S/C19H24ClN3O3/c1-13-6-7-15(20)11-17(13)22-19(24)16-12-21-23(14(16)2)8-10-26-18-5-3-4-9-25-18/h6-7,11-12,18H,3-5,8-10H2,1-2H3,(H,22,24). The summed E-state index contributed by atoms with van der Waals surface area (Å²) in [6, 6.07) is 5.41. The van der Waals surface area contributed by atoms with Crippen molar-refractivity contribution in [3.8, 4) is 0 Å². The van der Waals surface area contributed by atoms with E-state index in [1.165, 1.54) is 0 Å². The number of hydrogen-bond acceptors (Lipinski definition) is 4. The molecule has 1 aliphatic heterocycles. The molecule has 1 aromatic carbocycles. The second-order valence-corrected chi connectivity index (χ2v) is 6.88. The average Bonchev–Trinajstić information content (AvgIpc) is 3.00. The molecule has 1 N–H and O–H groups in total. The lowest BCUT2D eigenvalue weighted by molar-refractivity contribution is -0.163. The zero-order valence-electron chi connectivity index (χ0n) is 15.1. The fourth-order valence-electron chi connectivity index (χ4n) is 2.93. The Morgan fingerprint density at radius 1 is 1.42 bits per heavy atom. The first-order valence-corrected chi connectivity index (χ1v) is 9.25. The molecule has 1 fully saturated rings. The number of benzene rings is 1. The Labute approximate surface area is 158 Å². The summed E-state index contributed by atoms with van der Waals surface area (Å²) in [5, 5.41) is 7.80. The first-order chi connectivity index (χ1) is 12.5. The van der Waals surface area contributed by atoms with Crippen molar-refractivity contribution < 1.29 is 14.3 Å². The highest BCUT2D eigenvalue weighted by Crippen LogP contribution is 2.21. The predicted molar refractivity (Wildman–Crippen MR) is 101 cm³/mol. The molecule has 1 atom stereocenters. The number of carbonyl (C=O) groups excluding carboxylic acids is 1. The van der Waals surface area contributed by atoms with Crippen LogP contribution in [0.4, 0.5) is 5.69 Å². The SMILES string of the molecule is Cc1ccc(Cl)cc1NC(=O)c1cnn(CCOC2CCCCO2)c1C. The van der Waals surface area contributed by atoms with Crippen molar-refractivity contribution in [1.29, 1.82) is 0 Å². The van der Waals surface area contributed by atoms with Gasteiger partial charge in [0.05, 0.1) is 24.9 Å². The normalized spacial score (nSPS) is 17.3. The topological polar surface area (TPSA) is 65.4 Å². The van der Waals surface area contributed by atoms with Crippen molar-refractivity contribution in [2.24, 2.45) is 0 Å². The molecule has 0 bridgehead atoms. The van der Waals surface area contributed by atoms with Gasteiger partial charge in [0.1, 0.15) is 0 Å². The van der Waals surface area contributed by atoms with Gasteiger partial charge in [0, 0.05) is 23.0 Å². The van der Waals surface area contributed by atoms with Crippen molar-refractivity contribution in [2.75, 3.05) is 18.5 Å². The number of anilines is 1. The van der Waals surface area contributed by atoms with E-state index in [1.54, 1.807) is 23.0 Å². The lowest BCUT2D eigenvalue weighted by Crippen LogP contribution is -2.24. The van der Waals surface area contributed by atoms with Crippen LogP contribution in [0.3, 0.4) is 0 Å². The van der Waals surface area contributed by atoms with E-state index in [-0.39, 0.29) is 12.2 Å². The summed E-state index contributed by atoms with van der Waals surface area (Å²) in [5.74, 6) is -0.198. The number of amides is 1. The van der Waals surface area contributed by atoms with Gasteiger partial charge in [0.15, 0.2) is 6.29 Å². The number of rotatable bonds is 6. The zero-order valence-corrected chi connectivity index (χ0v) is 15.9. The van der Waals surface area contributed by atoms with Gasteiger partial charge in [-0.25, -0.2) is 0 Å². The molecule has 26 heavy (non-hydrogen) atoms. The van der Waals surface area contributed by atoms with Gasteiger partial charge < -0.3 is 14.8 Å². The van der Waals surface area contributed by atoms with Crippen LogP contribution in [0, 0.1) is 13.8 Å². The lowest BCUT2D eigenvalue weighted by atomic mass is 10.2.